The van der Waals surface area contributed by atoms with Crippen molar-refractivity contribution in [2.45, 2.75) is 13.8 Å². The minimum atomic E-state index is -1.10. The molecule has 0 bridgehead atoms. The lowest BCUT2D eigenvalue weighted by molar-refractivity contribution is 0.0689. The van der Waals surface area contributed by atoms with Crippen LogP contribution in [0.4, 0.5) is 0 Å². The molecule has 0 saturated carbocycles. The molecule has 0 amide bonds. The molecule has 2 rings (SSSR count). The third kappa shape index (κ3) is 2.82. The smallest absolute Gasteiger partial charge is 0.354 e. The number of ether oxygens (including phenoxy) is 1. The predicted molar refractivity (Wildman–Crippen MR) is 65.0 cm³/mol. The van der Waals surface area contributed by atoms with Gasteiger partial charge in [-0.05, 0) is 37.6 Å². The molecule has 0 fully saturated rings. The van der Waals surface area contributed by atoms with Gasteiger partial charge in [0.2, 0.25) is 0 Å². The van der Waals surface area contributed by atoms with Crippen LogP contribution in [0, 0.1) is 13.8 Å². The van der Waals surface area contributed by atoms with Gasteiger partial charge in [-0.2, -0.15) is 4.98 Å². The molecule has 0 unspecified atom stereocenters. The quantitative estimate of drug-likeness (QED) is 0.898. The van der Waals surface area contributed by atoms with E-state index in [1.165, 1.54) is 6.07 Å². The van der Waals surface area contributed by atoms with Crippen LogP contribution >= 0.6 is 0 Å². The summed E-state index contributed by atoms with van der Waals surface area (Å²) >= 11 is 0. The summed E-state index contributed by atoms with van der Waals surface area (Å²) in [7, 11) is 0. The second-order valence-corrected chi connectivity index (χ2v) is 3.90. The molecule has 1 N–H and O–H groups in total. The molecule has 18 heavy (non-hydrogen) atoms. The second-order valence-electron chi connectivity index (χ2n) is 3.90. The van der Waals surface area contributed by atoms with Crippen molar-refractivity contribution in [3.63, 3.8) is 0 Å². The third-order valence-electron chi connectivity index (χ3n) is 2.25. The summed E-state index contributed by atoms with van der Waals surface area (Å²) in [6, 6.07) is 8.81. The fourth-order valence-corrected chi connectivity index (χ4v) is 1.48. The van der Waals surface area contributed by atoms with Crippen LogP contribution in [-0.4, -0.2) is 21.0 Å². The van der Waals surface area contributed by atoms with Crippen molar-refractivity contribution in [3.05, 3.63) is 47.3 Å². The molecule has 0 aliphatic heterocycles. The monoisotopic (exact) mass is 244 g/mol. The van der Waals surface area contributed by atoms with Crippen LogP contribution in [0.2, 0.25) is 0 Å². The van der Waals surface area contributed by atoms with Crippen molar-refractivity contribution in [1.82, 2.24) is 9.97 Å². The van der Waals surface area contributed by atoms with E-state index in [-0.39, 0.29) is 11.7 Å². The molecule has 1 aromatic carbocycles. The van der Waals surface area contributed by atoms with Gasteiger partial charge < -0.3 is 9.84 Å². The number of benzene rings is 1. The van der Waals surface area contributed by atoms with Gasteiger partial charge in [0, 0.05) is 5.69 Å². The highest BCUT2D eigenvalue weighted by atomic mass is 16.5. The van der Waals surface area contributed by atoms with E-state index in [4.69, 9.17) is 9.84 Å². The van der Waals surface area contributed by atoms with Crippen LogP contribution in [0.1, 0.15) is 21.7 Å². The maximum absolute atomic E-state index is 10.9. The van der Waals surface area contributed by atoms with E-state index in [1.807, 2.05) is 25.1 Å². The highest BCUT2D eigenvalue weighted by molar-refractivity contribution is 5.85. The molecule has 5 heteroatoms. The first-order valence-electron chi connectivity index (χ1n) is 5.38. The average Bonchev–Trinajstić information content (AvgIpc) is 2.28. The van der Waals surface area contributed by atoms with Crippen molar-refractivity contribution in [1.29, 1.82) is 0 Å². The maximum atomic E-state index is 10.9. The number of hydrogen-bond donors (Lipinski definition) is 1. The zero-order valence-electron chi connectivity index (χ0n) is 10.0. The molecule has 0 atom stereocenters. The summed E-state index contributed by atoms with van der Waals surface area (Å²) in [6.45, 7) is 3.63. The highest BCUT2D eigenvalue weighted by Gasteiger charge is 2.10. The maximum Gasteiger partial charge on any atom is 0.354 e. The molecule has 2 aromatic rings. The summed E-state index contributed by atoms with van der Waals surface area (Å²) in [5.41, 5.74) is 1.51. The summed E-state index contributed by atoms with van der Waals surface area (Å²) in [5, 5.41) is 8.90. The Morgan fingerprint density at radius 2 is 2.00 bits per heavy atom. The van der Waals surface area contributed by atoms with E-state index in [0.717, 1.165) is 5.56 Å². The van der Waals surface area contributed by atoms with Crippen LogP contribution in [0.3, 0.4) is 0 Å². The molecular weight excluding hydrogens is 232 g/mol. The Morgan fingerprint density at radius 1 is 1.22 bits per heavy atom. The molecule has 92 valence electrons. The summed E-state index contributed by atoms with van der Waals surface area (Å²) in [4.78, 5) is 18.7. The number of carboxylic acids is 1. The first-order chi connectivity index (χ1) is 8.54. The summed E-state index contributed by atoms with van der Waals surface area (Å²) in [5.74, 6) is -0.522. The number of rotatable bonds is 3. The third-order valence-corrected chi connectivity index (χ3v) is 2.25. The van der Waals surface area contributed by atoms with E-state index in [2.05, 4.69) is 9.97 Å². The fraction of sp³-hybridized carbons (Fsp3) is 0.154. The molecule has 0 aliphatic rings. The van der Waals surface area contributed by atoms with Crippen LogP contribution in [-0.2, 0) is 0 Å². The number of carbonyl (C=O) groups is 1. The van der Waals surface area contributed by atoms with Gasteiger partial charge >= 0.3 is 12.0 Å². The van der Waals surface area contributed by atoms with E-state index in [0.29, 0.717) is 11.4 Å². The number of hydrogen-bond acceptors (Lipinski definition) is 4. The lowest BCUT2D eigenvalue weighted by atomic mass is 10.2. The predicted octanol–water partition coefficient (Wildman–Crippen LogP) is 2.58. The first kappa shape index (κ1) is 12.0. The van der Waals surface area contributed by atoms with Crippen molar-refractivity contribution in [2.75, 3.05) is 0 Å². The number of nitrogens with zero attached hydrogens (tertiary/aromatic N) is 2. The number of aromatic nitrogens is 2. The normalized spacial score (nSPS) is 10.1. The highest BCUT2D eigenvalue weighted by Crippen LogP contribution is 2.19. The minimum Gasteiger partial charge on any atom is -0.477 e. The van der Waals surface area contributed by atoms with E-state index in [1.54, 1.807) is 13.0 Å². The van der Waals surface area contributed by atoms with E-state index >= 15 is 0 Å². The topological polar surface area (TPSA) is 72.3 Å². The molecular formula is C13H12N2O3. The Bertz CT molecular complexity index is 597. The molecule has 1 aromatic heterocycles. The van der Waals surface area contributed by atoms with Crippen molar-refractivity contribution >= 4 is 5.97 Å². The summed E-state index contributed by atoms with van der Waals surface area (Å²) < 4.78 is 5.45. The molecule has 1 heterocycles. The van der Waals surface area contributed by atoms with E-state index in [9.17, 15) is 4.79 Å². The number of carboxylic acid groups (broad SMARTS) is 1. The first-order valence-corrected chi connectivity index (χ1v) is 5.38. The zero-order valence-corrected chi connectivity index (χ0v) is 10.0. The number of aromatic carboxylic acids is 1. The lowest BCUT2D eigenvalue weighted by Gasteiger charge is -2.06. The second kappa shape index (κ2) is 4.83. The van der Waals surface area contributed by atoms with Gasteiger partial charge in [-0.15, -0.1) is 0 Å². The minimum absolute atomic E-state index is 0.0398. The fourth-order valence-electron chi connectivity index (χ4n) is 1.48. The van der Waals surface area contributed by atoms with Gasteiger partial charge in [0.25, 0.3) is 0 Å². The molecule has 5 nitrogen and oxygen atoms in total. The van der Waals surface area contributed by atoms with Crippen LogP contribution in [0.25, 0.3) is 0 Å². The van der Waals surface area contributed by atoms with E-state index < -0.39 is 5.97 Å². The van der Waals surface area contributed by atoms with Gasteiger partial charge in [-0.1, -0.05) is 12.1 Å². The van der Waals surface area contributed by atoms with Crippen LogP contribution in [0.15, 0.2) is 30.3 Å². The van der Waals surface area contributed by atoms with Crippen LogP contribution in [0.5, 0.6) is 11.8 Å². The molecule has 0 saturated heterocycles. The van der Waals surface area contributed by atoms with Crippen LogP contribution < -0.4 is 4.74 Å². The Balaban J connectivity index is 2.31. The Hall–Kier alpha value is -2.43. The largest absolute Gasteiger partial charge is 0.477 e. The van der Waals surface area contributed by atoms with Gasteiger partial charge in [0.15, 0.2) is 5.69 Å². The molecule has 0 spiro atoms. The SMILES string of the molecule is Cc1cccc(Oc2nc(C)cc(C(=O)O)n2)c1. The summed E-state index contributed by atoms with van der Waals surface area (Å²) in [6.07, 6.45) is 0. The van der Waals surface area contributed by atoms with Crippen molar-refractivity contribution in [3.8, 4) is 11.8 Å². The standard InChI is InChI=1S/C13H12N2O3/c1-8-4-3-5-10(6-8)18-13-14-9(2)7-11(15-13)12(16)17/h3-7H,1-2H3,(H,16,17). The average molecular weight is 244 g/mol. The lowest BCUT2D eigenvalue weighted by Crippen LogP contribution is -2.04. The zero-order chi connectivity index (χ0) is 13.1. The Morgan fingerprint density at radius 3 is 2.67 bits per heavy atom. The van der Waals surface area contributed by atoms with Gasteiger partial charge in [-0.3, -0.25) is 0 Å². The van der Waals surface area contributed by atoms with Gasteiger partial charge in [0.05, 0.1) is 0 Å². The Kier molecular flexibility index (Phi) is 3.23. The molecule has 0 aliphatic carbocycles. The molecule has 0 radical (unpaired) electrons. The van der Waals surface area contributed by atoms with Crippen molar-refractivity contribution in [2.24, 2.45) is 0 Å². The van der Waals surface area contributed by atoms with Crippen molar-refractivity contribution < 1.29 is 14.6 Å². The Labute approximate surface area is 104 Å². The number of aryl methyl sites for hydroxylation is 2. The van der Waals surface area contributed by atoms with Gasteiger partial charge in [-0.25, -0.2) is 9.78 Å². The van der Waals surface area contributed by atoms with Gasteiger partial charge in [0.1, 0.15) is 5.75 Å².